The average Bonchev–Trinajstić information content (AvgIpc) is 2.14. The Morgan fingerprint density at radius 1 is 1.21 bits per heavy atom. The van der Waals surface area contributed by atoms with Gasteiger partial charge in [-0.05, 0) is 0 Å². The summed E-state index contributed by atoms with van der Waals surface area (Å²) < 4.78 is 9.31. The van der Waals surface area contributed by atoms with Gasteiger partial charge in [0.05, 0.1) is 0 Å². The molecular formula is C7H12O7. The van der Waals surface area contributed by atoms with Crippen LogP contribution < -0.4 is 0 Å². The van der Waals surface area contributed by atoms with E-state index in [-0.39, 0.29) is 0 Å². The molecular weight excluding hydrogens is 196 g/mol. The Hall–Kier alpha value is -0.730. The molecule has 0 aromatic carbocycles. The van der Waals surface area contributed by atoms with E-state index in [1.807, 2.05) is 0 Å². The van der Waals surface area contributed by atoms with Crippen molar-refractivity contribution < 1.29 is 34.7 Å². The molecule has 0 aromatic heterocycles. The fourth-order valence-electron chi connectivity index (χ4n) is 1.25. The molecule has 1 rings (SSSR count). The highest BCUT2D eigenvalue weighted by atomic mass is 16.7. The van der Waals surface area contributed by atoms with Crippen LogP contribution in [0.5, 0.6) is 0 Å². The zero-order chi connectivity index (χ0) is 10.9. The highest BCUT2D eigenvalue weighted by molar-refractivity contribution is 5.73. The van der Waals surface area contributed by atoms with Gasteiger partial charge >= 0.3 is 5.97 Å². The number of carbonyl (C=O) groups is 1. The quantitative estimate of drug-likeness (QED) is 0.397. The Morgan fingerprint density at radius 2 is 1.79 bits per heavy atom. The molecule has 0 radical (unpaired) electrons. The van der Waals surface area contributed by atoms with Gasteiger partial charge in [0.2, 0.25) is 0 Å². The predicted molar refractivity (Wildman–Crippen MR) is 41.3 cm³/mol. The lowest BCUT2D eigenvalue weighted by molar-refractivity contribution is -0.287. The number of ether oxygens (including phenoxy) is 2. The second-order valence-corrected chi connectivity index (χ2v) is 2.97. The van der Waals surface area contributed by atoms with E-state index in [4.69, 9.17) is 9.84 Å². The van der Waals surface area contributed by atoms with Crippen LogP contribution in [-0.2, 0) is 14.3 Å². The van der Waals surface area contributed by atoms with Crippen molar-refractivity contribution in [3.05, 3.63) is 0 Å². The van der Waals surface area contributed by atoms with Crippen molar-refractivity contribution in [1.29, 1.82) is 0 Å². The first-order valence-electron chi connectivity index (χ1n) is 3.94. The average molecular weight is 208 g/mol. The zero-order valence-electron chi connectivity index (χ0n) is 7.40. The standard InChI is InChI=1S/C7H12O7/c1-13-7-4(10)2(8)3(9)5(14-7)6(11)12/h2-5,7-10H,1H3,(H,11,12)/t2-,3?,4?,5?,7?/m0/s1. The van der Waals surface area contributed by atoms with Gasteiger partial charge in [-0.2, -0.15) is 0 Å². The van der Waals surface area contributed by atoms with E-state index in [0.29, 0.717) is 0 Å². The van der Waals surface area contributed by atoms with Crippen molar-refractivity contribution in [2.75, 3.05) is 7.11 Å². The molecule has 1 fully saturated rings. The maximum absolute atomic E-state index is 10.5. The second kappa shape index (κ2) is 4.20. The van der Waals surface area contributed by atoms with E-state index in [1.165, 1.54) is 7.11 Å². The Labute approximate surface area is 79.5 Å². The molecule has 0 saturated carbocycles. The molecule has 0 aromatic rings. The molecule has 14 heavy (non-hydrogen) atoms. The fourth-order valence-corrected chi connectivity index (χ4v) is 1.25. The van der Waals surface area contributed by atoms with Crippen molar-refractivity contribution in [2.45, 2.75) is 30.7 Å². The number of aliphatic hydroxyl groups excluding tert-OH is 3. The molecule has 0 amide bonds. The Bertz CT molecular complexity index is 216. The van der Waals surface area contributed by atoms with Gasteiger partial charge in [0, 0.05) is 7.11 Å². The van der Waals surface area contributed by atoms with E-state index >= 15 is 0 Å². The first kappa shape index (κ1) is 11.3. The molecule has 1 aliphatic rings. The molecule has 4 unspecified atom stereocenters. The van der Waals surface area contributed by atoms with E-state index in [2.05, 4.69) is 4.74 Å². The Kier molecular flexibility index (Phi) is 3.40. The van der Waals surface area contributed by atoms with Crippen molar-refractivity contribution in [3.8, 4) is 0 Å². The summed E-state index contributed by atoms with van der Waals surface area (Å²) in [4.78, 5) is 10.5. The van der Waals surface area contributed by atoms with Crippen molar-refractivity contribution in [1.82, 2.24) is 0 Å². The van der Waals surface area contributed by atoms with Gasteiger partial charge in [0.15, 0.2) is 12.4 Å². The van der Waals surface area contributed by atoms with Crippen LogP contribution in [0, 0.1) is 0 Å². The summed E-state index contributed by atoms with van der Waals surface area (Å²) in [7, 11) is 1.19. The minimum absolute atomic E-state index is 1.19. The molecule has 1 saturated heterocycles. The summed E-state index contributed by atoms with van der Waals surface area (Å²) in [6, 6.07) is 0. The normalized spacial score (nSPS) is 43.6. The SMILES string of the molecule is COC1OC(C(=O)O)C(O)[C@H](O)C1O. The molecule has 7 nitrogen and oxygen atoms in total. The lowest BCUT2D eigenvalue weighted by Gasteiger charge is -2.37. The molecule has 5 atom stereocenters. The summed E-state index contributed by atoms with van der Waals surface area (Å²) in [5.74, 6) is -1.43. The van der Waals surface area contributed by atoms with E-state index in [0.717, 1.165) is 0 Å². The third-order valence-electron chi connectivity index (χ3n) is 2.05. The van der Waals surface area contributed by atoms with Crippen LogP contribution in [0.3, 0.4) is 0 Å². The van der Waals surface area contributed by atoms with Crippen LogP contribution in [0.25, 0.3) is 0 Å². The molecule has 82 valence electrons. The van der Waals surface area contributed by atoms with Gasteiger partial charge in [0.25, 0.3) is 0 Å². The minimum atomic E-state index is -1.67. The molecule has 0 aliphatic carbocycles. The molecule has 1 aliphatic heterocycles. The van der Waals surface area contributed by atoms with Gasteiger partial charge in [-0.1, -0.05) is 0 Å². The Morgan fingerprint density at radius 3 is 2.21 bits per heavy atom. The third-order valence-corrected chi connectivity index (χ3v) is 2.05. The maximum atomic E-state index is 10.5. The number of methoxy groups -OCH3 is 1. The number of hydrogen-bond acceptors (Lipinski definition) is 6. The largest absolute Gasteiger partial charge is 0.479 e. The van der Waals surface area contributed by atoms with Gasteiger partial charge in [-0.15, -0.1) is 0 Å². The summed E-state index contributed by atoms with van der Waals surface area (Å²) >= 11 is 0. The first-order valence-corrected chi connectivity index (χ1v) is 3.94. The topological polar surface area (TPSA) is 116 Å². The van der Waals surface area contributed by atoms with Crippen molar-refractivity contribution in [3.63, 3.8) is 0 Å². The van der Waals surface area contributed by atoms with Crippen LogP contribution in [0.1, 0.15) is 0 Å². The first-order chi connectivity index (χ1) is 6.49. The van der Waals surface area contributed by atoms with Gasteiger partial charge in [0.1, 0.15) is 18.3 Å². The molecule has 4 N–H and O–H groups in total. The number of carboxylic acid groups (broad SMARTS) is 1. The van der Waals surface area contributed by atoms with Crippen LogP contribution in [-0.4, -0.2) is 64.2 Å². The maximum Gasteiger partial charge on any atom is 0.335 e. The summed E-state index contributed by atoms with van der Waals surface area (Å²) in [6.07, 6.45) is -7.60. The van der Waals surface area contributed by atoms with Crippen LogP contribution in [0.4, 0.5) is 0 Å². The fraction of sp³-hybridized carbons (Fsp3) is 0.857. The highest BCUT2D eigenvalue weighted by Crippen LogP contribution is 2.21. The van der Waals surface area contributed by atoms with Crippen LogP contribution >= 0.6 is 0 Å². The second-order valence-electron chi connectivity index (χ2n) is 2.97. The lowest BCUT2D eigenvalue weighted by Crippen LogP contribution is -2.60. The number of aliphatic hydroxyl groups is 3. The summed E-state index contributed by atoms with van der Waals surface area (Å²) in [5, 5.41) is 36.3. The number of carboxylic acids is 1. The lowest BCUT2D eigenvalue weighted by atomic mass is 9.99. The molecule has 1 heterocycles. The number of hydrogen-bond donors (Lipinski definition) is 4. The molecule has 7 heteroatoms. The monoisotopic (exact) mass is 208 g/mol. The minimum Gasteiger partial charge on any atom is -0.479 e. The van der Waals surface area contributed by atoms with Crippen LogP contribution in [0.15, 0.2) is 0 Å². The number of rotatable bonds is 2. The van der Waals surface area contributed by atoms with Crippen LogP contribution in [0.2, 0.25) is 0 Å². The van der Waals surface area contributed by atoms with Gasteiger partial charge < -0.3 is 29.9 Å². The highest BCUT2D eigenvalue weighted by Gasteiger charge is 2.46. The molecule has 0 bridgehead atoms. The predicted octanol–water partition coefficient (Wildman–Crippen LogP) is -2.47. The zero-order valence-corrected chi connectivity index (χ0v) is 7.40. The molecule has 0 spiro atoms. The number of aliphatic carboxylic acids is 1. The summed E-state index contributed by atoms with van der Waals surface area (Å²) in [6.45, 7) is 0. The van der Waals surface area contributed by atoms with Gasteiger partial charge in [-0.25, -0.2) is 4.79 Å². The van der Waals surface area contributed by atoms with Crippen molar-refractivity contribution in [2.24, 2.45) is 0 Å². The van der Waals surface area contributed by atoms with Crippen molar-refractivity contribution >= 4 is 5.97 Å². The van der Waals surface area contributed by atoms with E-state index in [1.54, 1.807) is 0 Å². The van der Waals surface area contributed by atoms with Gasteiger partial charge in [-0.3, -0.25) is 0 Å². The van der Waals surface area contributed by atoms with E-state index < -0.39 is 36.7 Å². The smallest absolute Gasteiger partial charge is 0.335 e. The Balaban J connectivity index is 2.78. The third kappa shape index (κ3) is 1.86. The van der Waals surface area contributed by atoms with E-state index in [9.17, 15) is 20.1 Å². The summed E-state index contributed by atoms with van der Waals surface area (Å²) in [5.41, 5.74) is 0.